The number of rotatable bonds is 10. The molecule has 0 aliphatic carbocycles. The monoisotopic (exact) mass is 708 g/mol. The van der Waals surface area contributed by atoms with Gasteiger partial charge >= 0.3 is 6.03 Å². The van der Waals surface area contributed by atoms with Gasteiger partial charge in [0.2, 0.25) is 0 Å². The fraction of sp³-hybridized carbons (Fsp3) is 0.206. The van der Waals surface area contributed by atoms with Crippen molar-refractivity contribution in [2.75, 3.05) is 61.5 Å². The van der Waals surface area contributed by atoms with E-state index in [9.17, 15) is 22.0 Å². The summed E-state index contributed by atoms with van der Waals surface area (Å²) in [6.07, 6.45) is 0. The Morgan fingerprint density at radius 3 is 2.34 bits per heavy atom. The zero-order valence-electron chi connectivity index (χ0n) is 26.5. The molecule has 0 atom stereocenters. The molecule has 4 aromatic carbocycles. The lowest BCUT2D eigenvalue weighted by molar-refractivity contribution is 0.122. The van der Waals surface area contributed by atoms with Gasteiger partial charge in [-0.3, -0.25) is 4.72 Å². The Balaban J connectivity index is 1.42. The smallest absolute Gasteiger partial charge is 0.319 e. The first kappa shape index (κ1) is 34.4. The molecule has 5 aromatic rings. The number of anilines is 3. The molecular weight excluding hydrogens is 677 g/mol. The number of sulfonamides is 1. The molecule has 16 heteroatoms. The number of ether oxygens (including phenoxy) is 2. The standard InChI is InChI=1S/C34H31F3N6O6S/c1-48-28-19-21(23-4-2-7-27(29(23)37)42-50(46,47)31-25(35)5-3-6-26(31)36)18-24-30(28)40-32(41-33(24)43-13-16-49-17-14-43)20-8-10-22(11-9-20)39-34(45)38-12-15-44/h2-11,18-19,42,44H,12-17H2,1H3,(H2,38,39,45). The summed E-state index contributed by atoms with van der Waals surface area (Å²) in [5, 5.41) is 14.6. The number of aromatic nitrogens is 2. The summed E-state index contributed by atoms with van der Waals surface area (Å²) >= 11 is 0. The van der Waals surface area contributed by atoms with Gasteiger partial charge in [-0.15, -0.1) is 0 Å². The van der Waals surface area contributed by atoms with Crippen molar-refractivity contribution >= 4 is 44.1 Å². The molecule has 0 unspecified atom stereocenters. The SMILES string of the molecule is COc1cc(-c2cccc(NS(=O)(=O)c3c(F)cccc3F)c2F)cc2c(N3CCOCC3)nc(-c3ccc(NC(=O)NCCO)cc3)nc12. The molecule has 1 aliphatic rings. The molecule has 12 nitrogen and oxygen atoms in total. The number of nitrogens with zero attached hydrogens (tertiary/aromatic N) is 3. The summed E-state index contributed by atoms with van der Waals surface area (Å²) < 4.78 is 83.9. The van der Waals surface area contributed by atoms with Gasteiger partial charge < -0.3 is 30.1 Å². The van der Waals surface area contributed by atoms with E-state index >= 15 is 4.39 Å². The van der Waals surface area contributed by atoms with Crippen LogP contribution in [0.15, 0.2) is 77.7 Å². The van der Waals surface area contributed by atoms with Crippen LogP contribution in [-0.4, -0.2) is 76.1 Å². The van der Waals surface area contributed by atoms with E-state index in [0.29, 0.717) is 65.7 Å². The molecule has 0 saturated carbocycles. The van der Waals surface area contributed by atoms with E-state index in [0.717, 1.165) is 24.3 Å². The molecule has 1 aromatic heterocycles. The summed E-state index contributed by atoms with van der Waals surface area (Å²) in [6.45, 7) is 1.80. The third-order valence-electron chi connectivity index (χ3n) is 7.82. The maximum absolute atomic E-state index is 16.1. The van der Waals surface area contributed by atoms with Crippen molar-refractivity contribution in [1.29, 1.82) is 0 Å². The minimum absolute atomic E-state index is 0.0254. The van der Waals surface area contributed by atoms with Crippen molar-refractivity contribution in [3.63, 3.8) is 0 Å². The van der Waals surface area contributed by atoms with E-state index < -0.39 is 44.1 Å². The van der Waals surface area contributed by atoms with Crippen molar-refractivity contribution in [2.24, 2.45) is 0 Å². The topological polar surface area (TPSA) is 155 Å². The lowest BCUT2D eigenvalue weighted by Crippen LogP contribution is -2.37. The van der Waals surface area contributed by atoms with Crippen LogP contribution in [0, 0.1) is 17.5 Å². The average molecular weight is 709 g/mol. The number of hydrogen-bond donors (Lipinski definition) is 4. The van der Waals surface area contributed by atoms with Crippen LogP contribution in [0.1, 0.15) is 0 Å². The van der Waals surface area contributed by atoms with E-state index in [4.69, 9.17) is 24.5 Å². The highest BCUT2D eigenvalue weighted by Crippen LogP contribution is 2.39. The van der Waals surface area contributed by atoms with E-state index in [1.54, 1.807) is 36.4 Å². The molecular formula is C34H31F3N6O6S. The van der Waals surface area contributed by atoms with Crippen LogP contribution in [0.5, 0.6) is 5.75 Å². The Morgan fingerprint density at radius 1 is 0.960 bits per heavy atom. The number of urea groups is 1. The number of fused-ring (bicyclic) bond motifs is 1. The second kappa shape index (κ2) is 14.6. The highest BCUT2D eigenvalue weighted by Gasteiger charge is 2.27. The number of nitrogens with one attached hydrogen (secondary N) is 3. The van der Waals surface area contributed by atoms with E-state index in [2.05, 4.69) is 10.6 Å². The van der Waals surface area contributed by atoms with Crippen LogP contribution in [-0.2, 0) is 14.8 Å². The average Bonchev–Trinajstić information content (AvgIpc) is 3.11. The third-order valence-corrected chi connectivity index (χ3v) is 9.23. The number of hydrogen-bond acceptors (Lipinski definition) is 9. The highest BCUT2D eigenvalue weighted by molar-refractivity contribution is 7.92. The summed E-state index contributed by atoms with van der Waals surface area (Å²) in [5.74, 6) is -2.49. The number of aliphatic hydroxyl groups excluding tert-OH is 1. The van der Waals surface area contributed by atoms with Crippen molar-refractivity contribution in [1.82, 2.24) is 15.3 Å². The summed E-state index contributed by atoms with van der Waals surface area (Å²) in [7, 11) is -3.41. The molecule has 260 valence electrons. The van der Waals surface area contributed by atoms with Gasteiger partial charge in [0.05, 0.1) is 32.6 Å². The van der Waals surface area contributed by atoms with Crippen LogP contribution in [0.2, 0.25) is 0 Å². The molecule has 6 rings (SSSR count). The molecule has 50 heavy (non-hydrogen) atoms. The second-order valence-corrected chi connectivity index (χ2v) is 12.7. The molecule has 0 spiro atoms. The molecule has 4 N–H and O–H groups in total. The maximum Gasteiger partial charge on any atom is 0.319 e. The number of morpholine rings is 1. The van der Waals surface area contributed by atoms with Crippen molar-refractivity contribution in [3.8, 4) is 28.3 Å². The fourth-order valence-corrected chi connectivity index (χ4v) is 6.66. The molecule has 0 radical (unpaired) electrons. The Bertz CT molecular complexity index is 2150. The number of benzene rings is 4. The van der Waals surface area contributed by atoms with E-state index in [-0.39, 0.29) is 24.5 Å². The number of methoxy groups -OCH3 is 1. The van der Waals surface area contributed by atoms with Gasteiger partial charge in [-0.05, 0) is 60.2 Å². The van der Waals surface area contributed by atoms with Crippen LogP contribution < -0.4 is 25.0 Å². The van der Waals surface area contributed by atoms with Crippen molar-refractivity contribution < 1.29 is 41.0 Å². The molecule has 2 heterocycles. The first-order valence-electron chi connectivity index (χ1n) is 15.3. The van der Waals surface area contributed by atoms with Crippen LogP contribution in [0.25, 0.3) is 33.4 Å². The minimum atomic E-state index is -4.84. The predicted octanol–water partition coefficient (Wildman–Crippen LogP) is 5.14. The Hall–Kier alpha value is -5.45. The number of halogens is 3. The zero-order chi connectivity index (χ0) is 35.4. The Labute approximate surface area is 284 Å². The minimum Gasteiger partial charge on any atom is -0.494 e. The van der Waals surface area contributed by atoms with Crippen molar-refractivity contribution in [3.05, 3.63) is 90.2 Å². The quantitative estimate of drug-likeness (QED) is 0.154. The van der Waals surface area contributed by atoms with Gasteiger partial charge in [0.15, 0.2) is 16.5 Å². The first-order valence-corrected chi connectivity index (χ1v) is 16.8. The lowest BCUT2D eigenvalue weighted by atomic mass is 10.0. The van der Waals surface area contributed by atoms with Gasteiger partial charge in [0.1, 0.15) is 28.7 Å². The van der Waals surface area contributed by atoms with Gasteiger partial charge in [0.25, 0.3) is 10.0 Å². The van der Waals surface area contributed by atoms with Gasteiger partial charge in [0, 0.05) is 41.8 Å². The van der Waals surface area contributed by atoms with E-state index in [1.807, 2.05) is 9.62 Å². The summed E-state index contributed by atoms with van der Waals surface area (Å²) in [6, 6.07) is 16.2. The van der Waals surface area contributed by atoms with Crippen molar-refractivity contribution in [2.45, 2.75) is 4.90 Å². The van der Waals surface area contributed by atoms with Crippen LogP contribution in [0.3, 0.4) is 0 Å². The summed E-state index contributed by atoms with van der Waals surface area (Å²) in [5.41, 5.74) is 1.30. The second-order valence-electron chi connectivity index (χ2n) is 11.1. The number of carbonyl (C=O) groups excluding carboxylic acids is 1. The predicted molar refractivity (Wildman–Crippen MR) is 181 cm³/mol. The van der Waals surface area contributed by atoms with E-state index in [1.165, 1.54) is 19.2 Å². The number of aliphatic hydroxyl groups is 1. The number of carbonyl (C=O) groups is 1. The maximum atomic E-state index is 16.1. The van der Waals surface area contributed by atoms with Crippen LogP contribution >= 0.6 is 0 Å². The molecule has 1 fully saturated rings. The lowest BCUT2D eigenvalue weighted by Gasteiger charge is -2.29. The van der Waals surface area contributed by atoms with Gasteiger partial charge in [-0.1, -0.05) is 18.2 Å². The Morgan fingerprint density at radius 2 is 1.66 bits per heavy atom. The number of amides is 2. The molecule has 2 amide bonds. The molecule has 1 aliphatic heterocycles. The zero-order valence-corrected chi connectivity index (χ0v) is 27.4. The van der Waals surface area contributed by atoms with Crippen LogP contribution in [0.4, 0.5) is 35.2 Å². The highest BCUT2D eigenvalue weighted by atomic mass is 32.2. The van der Waals surface area contributed by atoms with Gasteiger partial charge in [-0.2, -0.15) is 0 Å². The fourth-order valence-electron chi connectivity index (χ4n) is 5.46. The van der Waals surface area contributed by atoms with Gasteiger partial charge in [-0.25, -0.2) is 36.4 Å². The normalized spacial score (nSPS) is 13.3. The molecule has 1 saturated heterocycles. The Kier molecular flexibility index (Phi) is 10.0. The third kappa shape index (κ3) is 7.12. The largest absolute Gasteiger partial charge is 0.494 e. The summed E-state index contributed by atoms with van der Waals surface area (Å²) in [4.78, 5) is 22.5. The first-order chi connectivity index (χ1) is 24.1. The molecule has 0 bridgehead atoms.